The summed E-state index contributed by atoms with van der Waals surface area (Å²) in [4.78, 5) is 11.4. The maximum atomic E-state index is 11.9. The Kier molecular flexibility index (Phi) is 6.51. The van der Waals surface area contributed by atoms with Gasteiger partial charge in [-0.3, -0.25) is 4.79 Å². The lowest BCUT2D eigenvalue weighted by Crippen LogP contribution is -2.45. The fourth-order valence-corrected chi connectivity index (χ4v) is 1.69. The van der Waals surface area contributed by atoms with Crippen LogP contribution in [0.3, 0.4) is 0 Å². The summed E-state index contributed by atoms with van der Waals surface area (Å²) in [5.41, 5.74) is 1.20. The summed E-state index contributed by atoms with van der Waals surface area (Å²) in [5.74, 6) is -0.637. The van der Waals surface area contributed by atoms with Crippen molar-refractivity contribution in [2.75, 3.05) is 13.1 Å². The van der Waals surface area contributed by atoms with Gasteiger partial charge in [0.2, 0.25) is 5.91 Å². The maximum Gasteiger partial charge on any atom is 0.405 e. The van der Waals surface area contributed by atoms with E-state index in [0.29, 0.717) is 6.54 Å². The summed E-state index contributed by atoms with van der Waals surface area (Å²) in [6.45, 7) is 0.839. The summed E-state index contributed by atoms with van der Waals surface area (Å²) in [6.07, 6.45) is -2.69. The Morgan fingerprint density at radius 3 is 2.50 bits per heavy atom. The van der Waals surface area contributed by atoms with Gasteiger partial charge < -0.3 is 10.6 Å². The number of benzene rings is 1. The van der Waals surface area contributed by atoms with Crippen LogP contribution in [0.15, 0.2) is 30.3 Å². The molecule has 0 spiro atoms. The van der Waals surface area contributed by atoms with E-state index < -0.39 is 24.7 Å². The molecule has 0 fully saturated rings. The number of nitrogens with one attached hydrogen (secondary N) is 2. The van der Waals surface area contributed by atoms with Crippen LogP contribution in [0.2, 0.25) is 0 Å². The number of aryl methyl sites for hydroxylation is 1. The fraction of sp³-hybridized carbons (Fsp3) is 0.500. The number of hydrogen-bond acceptors (Lipinski definition) is 2. The lowest BCUT2D eigenvalue weighted by atomic mass is 10.1. The standard InChI is InChI=1S/C14H19F3N2O/c1-11(13(20)19-10-14(15,16)17)18-9-5-8-12-6-3-2-4-7-12/h2-4,6-7,11,18H,5,8-10H2,1H3,(H,19,20). The Morgan fingerprint density at radius 2 is 1.90 bits per heavy atom. The molecule has 112 valence electrons. The summed E-state index contributed by atoms with van der Waals surface area (Å²) in [7, 11) is 0. The third-order valence-corrected chi connectivity index (χ3v) is 2.79. The molecule has 1 aromatic rings. The molecule has 0 aliphatic rings. The van der Waals surface area contributed by atoms with Crippen molar-refractivity contribution < 1.29 is 18.0 Å². The number of alkyl halides is 3. The number of carbonyl (C=O) groups is 1. The van der Waals surface area contributed by atoms with E-state index in [-0.39, 0.29) is 0 Å². The molecular weight excluding hydrogens is 269 g/mol. The van der Waals surface area contributed by atoms with Gasteiger partial charge in [-0.15, -0.1) is 0 Å². The molecular formula is C14H19F3N2O. The van der Waals surface area contributed by atoms with Crippen LogP contribution in [0.5, 0.6) is 0 Å². The highest BCUT2D eigenvalue weighted by atomic mass is 19.4. The molecule has 1 rings (SSSR count). The van der Waals surface area contributed by atoms with Crippen LogP contribution >= 0.6 is 0 Å². The summed E-state index contributed by atoms with van der Waals surface area (Å²) in [6, 6.07) is 9.24. The van der Waals surface area contributed by atoms with Crippen LogP contribution < -0.4 is 10.6 Å². The van der Waals surface area contributed by atoms with Crippen LogP contribution in [0.1, 0.15) is 18.9 Å². The predicted molar refractivity (Wildman–Crippen MR) is 71.3 cm³/mol. The molecule has 0 heterocycles. The molecule has 2 N–H and O–H groups in total. The average Bonchev–Trinajstić information content (AvgIpc) is 2.41. The van der Waals surface area contributed by atoms with Crippen molar-refractivity contribution in [1.29, 1.82) is 0 Å². The van der Waals surface area contributed by atoms with Gasteiger partial charge in [-0.1, -0.05) is 30.3 Å². The SMILES string of the molecule is CC(NCCCc1ccccc1)C(=O)NCC(F)(F)F. The monoisotopic (exact) mass is 288 g/mol. The Labute approximate surface area is 116 Å². The van der Waals surface area contributed by atoms with Gasteiger partial charge >= 0.3 is 6.18 Å². The molecule has 0 aromatic heterocycles. The first-order chi connectivity index (χ1) is 9.38. The van der Waals surface area contributed by atoms with Crippen LogP contribution in [0, 0.1) is 0 Å². The largest absolute Gasteiger partial charge is 0.405 e. The molecule has 1 unspecified atom stereocenters. The number of amides is 1. The molecule has 3 nitrogen and oxygen atoms in total. The van der Waals surface area contributed by atoms with Crippen LogP contribution in [0.25, 0.3) is 0 Å². The summed E-state index contributed by atoms with van der Waals surface area (Å²) >= 11 is 0. The van der Waals surface area contributed by atoms with Gasteiger partial charge in [0.1, 0.15) is 6.54 Å². The third-order valence-electron chi connectivity index (χ3n) is 2.79. The van der Waals surface area contributed by atoms with Crippen LogP contribution in [-0.4, -0.2) is 31.2 Å². The molecule has 1 amide bonds. The van der Waals surface area contributed by atoms with Crippen LogP contribution in [0.4, 0.5) is 13.2 Å². The lowest BCUT2D eigenvalue weighted by molar-refractivity contribution is -0.139. The zero-order valence-corrected chi connectivity index (χ0v) is 11.3. The molecule has 0 bridgehead atoms. The zero-order chi connectivity index (χ0) is 15.0. The van der Waals surface area contributed by atoms with Gasteiger partial charge in [0.15, 0.2) is 0 Å². The van der Waals surface area contributed by atoms with E-state index in [9.17, 15) is 18.0 Å². The topological polar surface area (TPSA) is 41.1 Å². The van der Waals surface area contributed by atoms with E-state index in [4.69, 9.17) is 0 Å². The van der Waals surface area contributed by atoms with Crippen molar-refractivity contribution >= 4 is 5.91 Å². The minimum absolute atomic E-state index is 0.579. The lowest BCUT2D eigenvalue weighted by Gasteiger charge is -2.15. The Balaban J connectivity index is 2.16. The highest BCUT2D eigenvalue weighted by molar-refractivity contribution is 5.81. The summed E-state index contributed by atoms with van der Waals surface area (Å²) < 4.78 is 35.8. The van der Waals surface area contributed by atoms with Crippen molar-refractivity contribution in [3.05, 3.63) is 35.9 Å². The highest BCUT2D eigenvalue weighted by Crippen LogP contribution is 2.12. The van der Waals surface area contributed by atoms with Gasteiger partial charge in [0, 0.05) is 0 Å². The van der Waals surface area contributed by atoms with Gasteiger partial charge in [-0.25, -0.2) is 0 Å². The Morgan fingerprint density at radius 1 is 1.25 bits per heavy atom. The average molecular weight is 288 g/mol. The number of hydrogen-bond donors (Lipinski definition) is 2. The first-order valence-corrected chi connectivity index (χ1v) is 6.50. The van der Waals surface area contributed by atoms with Gasteiger partial charge in [0.25, 0.3) is 0 Å². The number of halogens is 3. The van der Waals surface area contributed by atoms with Gasteiger partial charge in [-0.2, -0.15) is 13.2 Å². The second-order valence-electron chi connectivity index (χ2n) is 4.60. The fourth-order valence-electron chi connectivity index (χ4n) is 1.69. The van der Waals surface area contributed by atoms with E-state index >= 15 is 0 Å². The maximum absolute atomic E-state index is 11.9. The molecule has 0 saturated heterocycles. The number of rotatable bonds is 7. The molecule has 6 heteroatoms. The number of carbonyl (C=O) groups excluding carboxylic acids is 1. The van der Waals surface area contributed by atoms with E-state index in [0.717, 1.165) is 12.8 Å². The molecule has 0 saturated carbocycles. The molecule has 1 atom stereocenters. The summed E-state index contributed by atoms with van der Waals surface area (Å²) in [5, 5.41) is 4.76. The third kappa shape index (κ3) is 7.13. The normalized spacial score (nSPS) is 13.0. The Bertz CT molecular complexity index is 407. The van der Waals surface area contributed by atoms with Crippen LogP contribution in [-0.2, 0) is 11.2 Å². The van der Waals surface area contributed by atoms with E-state index in [1.165, 1.54) is 5.56 Å². The molecule has 1 aromatic carbocycles. The zero-order valence-electron chi connectivity index (χ0n) is 11.3. The van der Waals surface area contributed by atoms with Crippen molar-refractivity contribution in [3.8, 4) is 0 Å². The smallest absolute Gasteiger partial charge is 0.346 e. The molecule has 0 aliphatic heterocycles. The molecule has 20 heavy (non-hydrogen) atoms. The minimum atomic E-state index is -4.37. The first kappa shape index (κ1) is 16.5. The van der Waals surface area contributed by atoms with Crippen molar-refractivity contribution in [1.82, 2.24) is 10.6 Å². The predicted octanol–water partition coefficient (Wildman–Crippen LogP) is 2.28. The Hall–Kier alpha value is -1.56. The van der Waals surface area contributed by atoms with Gasteiger partial charge in [0.05, 0.1) is 6.04 Å². The second-order valence-corrected chi connectivity index (χ2v) is 4.60. The molecule has 0 radical (unpaired) electrons. The van der Waals surface area contributed by atoms with Crippen molar-refractivity contribution in [2.45, 2.75) is 32.0 Å². The quantitative estimate of drug-likeness (QED) is 0.756. The van der Waals surface area contributed by atoms with E-state index in [1.54, 1.807) is 6.92 Å². The first-order valence-electron chi connectivity index (χ1n) is 6.50. The van der Waals surface area contributed by atoms with E-state index in [1.807, 2.05) is 35.6 Å². The van der Waals surface area contributed by atoms with Crippen molar-refractivity contribution in [2.24, 2.45) is 0 Å². The van der Waals surface area contributed by atoms with Crippen molar-refractivity contribution in [3.63, 3.8) is 0 Å². The minimum Gasteiger partial charge on any atom is -0.346 e. The molecule has 0 aliphatic carbocycles. The highest BCUT2D eigenvalue weighted by Gasteiger charge is 2.28. The van der Waals surface area contributed by atoms with E-state index in [2.05, 4.69) is 5.32 Å². The second kappa shape index (κ2) is 7.89. The van der Waals surface area contributed by atoms with Gasteiger partial charge in [-0.05, 0) is 31.9 Å².